The number of pyridine rings is 2. The van der Waals surface area contributed by atoms with Crippen LogP contribution in [0.3, 0.4) is 0 Å². The molecule has 1 aliphatic heterocycles. The van der Waals surface area contributed by atoms with Gasteiger partial charge in [0.25, 0.3) is 5.91 Å². The quantitative estimate of drug-likeness (QED) is 0.180. The van der Waals surface area contributed by atoms with Crippen molar-refractivity contribution in [1.82, 2.24) is 29.7 Å². The number of methoxy groups -OCH3 is 2. The summed E-state index contributed by atoms with van der Waals surface area (Å²) in [6, 6.07) is 10.9. The van der Waals surface area contributed by atoms with Gasteiger partial charge in [0.15, 0.2) is 5.82 Å². The molecule has 0 atom stereocenters. The number of hydrogen-bond acceptors (Lipinski definition) is 8. The first-order valence-electron chi connectivity index (χ1n) is 14.7. The van der Waals surface area contributed by atoms with E-state index in [-0.39, 0.29) is 23.4 Å². The second-order valence-electron chi connectivity index (χ2n) is 10.6. The van der Waals surface area contributed by atoms with Gasteiger partial charge in [0.2, 0.25) is 5.88 Å². The number of fused-ring (bicyclic) bond motifs is 1. The molecular formula is C32H36Cl2FN7O3. The van der Waals surface area contributed by atoms with Gasteiger partial charge in [0.05, 0.1) is 53.2 Å². The molecule has 0 spiro atoms. The van der Waals surface area contributed by atoms with Crippen LogP contribution in [0.15, 0.2) is 42.6 Å². The number of imidazole rings is 1. The zero-order chi connectivity index (χ0) is 31.9. The van der Waals surface area contributed by atoms with Gasteiger partial charge in [-0.1, -0.05) is 41.4 Å². The Labute approximate surface area is 271 Å². The number of carbonyl (C=O) groups excluding carboxylic acids is 1. The minimum absolute atomic E-state index is 0.282. The van der Waals surface area contributed by atoms with E-state index in [1.165, 1.54) is 0 Å². The zero-order valence-electron chi connectivity index (χ0n) is 25.5. The summed E-state index contributed by atoms with van der Waals surface area (Å²) in [6.45, 7) is 3.57. The van der Waals surface area contributed by atoms with E-state index in [0.29, 0.717) is 78.3 Å². The van der Waals surface area contributed by atoms with Crippen LogP contribution in [0, 0.1) is 0 Å². The number of nitrogens with one attached hydrogen (secondary N) is 2. The van der Waals surface area contributed by atoms with Crippen molar-refractivity contribution in [1.29, 1.82) is 0 Å². The van der Waals surface area contributed by atoms with E-state index >= 15 is 0 Å². The van der Waals surface area contributed by atoms with Crippen molar-refractivity contribution in [2.24, 2.45) is 7.05 Å². The lowest BCUT2D eigenvalue weighted by Gasteiger charge is -2.26. The number of anilines is 1. The Kier molecular flexibility index (Phi) is 11.0. The molecule has 0 bridgehead atoms. The van der Waals surface area contributed by atoms with Crippen molar-refractivity contribution in [3.05, 3.63) is 75.4 Å². The molecule has 3 aromatic heterocycles. The molecule has 1 aromatic carbocycles. The van der Waals surface area contributed by atoms with Crippen molar-refractivity contribution in [3.8, 4) is 28.4 Å². The Bertz CT molecular complexity index is 1670. The van der Waals surface area contributed by atoms with E-state index in [9.17, 15) is 9.18 Å². The molecule has 10 nitrogen and oxygen atoms in total. The smallest absolute Gasteiger partial charge is 0.291 e. The molecule has 13 heteroatoms. The number of amides is 1. The van der Waals surface area contributed by atoms with Gasteiger partial charge in [-0.25, -0.2) is 9.97 Å². The number of aromatic nitrogens is 4. The largest absolute Gasteiger partial charge is 0.481 e. The van der Waals surface area contributed by atoms with E-state index < -0.39 is 0 Å². The van der Waals surface area contributed by atoms with Gasteiger partial charge >= 0.3 is 0 Å². The molecule has 0 saturated heterocycles. The van der Waals surface area contributed by atoms with Gasteiger partial charge in [0.1, 0.15) is 0 Å². The molecule has 45 heavy (non-hydrogen) atoms. The highest BCUT2D eigenvalue weighted by molar-refractivity contribution is 6.39. The topological polar surface area (TPSA) is 106 Å². The number of hydrogen-bond donors (Lipinski definition) is 2. The highest BCUT2D eigenvalue weighted by Gasteiger charge is 2.26. The van der Waals surface area contributed by atoms with E-state index in [2.05, 4.69) is 25.5 Å². The molecule has 0 saturated carbocycles. The average Bonchev–Trinajstić information content (AvgIpc) is 3.39. The van der Waals surface area contributed by atoms with Crippen molar-refractivity contribution < 1.29 is 18.7 Å². The van der Waals surface area contributed by atoms with Crippen LogP contribution in [0.1, 0.15) is 34.0 Å². The van der Waals surface area contributed by atoms with Crippen molar-refractivity contribution in [3.63, 3.8) is 0 Å². The second kappa shape index (κ2) is 15.1. The predicted molar refractivity (Wildman–Crippen MR) is 174 cm³/mol. The van der Waals surface area contributed by atoms with Crippen molar-refractivity contribution >= 4 is 34.8 Å². The summed E-state index contributed by atoms with van der Waals surface area (Å²) < 4.78 is 25.1. The minimum atomic E-state index is -0.387. The number of nitrogens with zero attached hydrogens (tertiary/aromatic N) is 5. The molecule has 5 rings (SSSR count). The van der Waals surface area contributed by atoms with E-state index in [1.54, 1.807) is 44.7 Å². The molecule has 4 heterocycles. The molecule has 0 unspecified atom stereocenters. The molecular weight excluding hydrogens is 620 g/mol. The Morgan fingerprint density at radius 2 is 1.93 bits per heavy atom. The maximum atomic E-state index is 13.4. The number of alkyl halides is 1. The number of rotatable bonds is 13. The Balaban J connectivity index is 1.37. The molecule has 238 valence electrons. The fraction of sp³-hybridized carbons (Fsp3) is 0.375. The average molecular weight is 657 g/mol. The van der Waals surface area contributed by atoms with Crippen LogP contribution in [0.2, 0.25) is 10.0 Å². The third-order valence-corrected chi connectivity index (χ3v) is 8.53. The highest BCUT2D eigenvalue weighted by atomic mass is 35.5. The molecule has 4 aromatic rings. The van der Waals surface area contributed by atoms with E-state index in [0.717, 1.165) is 29.9 Å². The summed E-state index contributed by atoms with van der Waals surface area (Å²) in [6.07, 6.45) is 2.86. The Morgan fingerprint density at radius 1 is 1.09 bits per heavy atom. The first-order chi connectivity index (χ1) is 21.9. The summed E-state index contributed by atoms with van der Waals surface area (Å²) in [5, 5.41) is 6.85. The summed E-state index contributed by atoms with van der Waals surface area (Å²) in [5.74, 6) is 0.379. The first kappa shape index (κ1) is 32.8. The maximum Gasteiger partial charge on any atom is 0.291 e. The van der Waals surface area contributed by atoms with Crippen LogP contribution in [0.4, 0.5) is 10.1 Å². The molecule has 0 fully saturated rings. The Hall–Kier alpha value is -3.61. The lowest BCUT2D eigenvalue weighted by atomic mass is 10.1. The molecule has 0 radical (unpaired) electrons. The van der Waals surface area contributed by atoms with Crippen molar-refractivity contribution in [2.45, 2.75) is 25.9 Å². The third kappa shape index (κ3) is 7.29. The maximum absolute atomic E-state index is 13.4. The lowest BCUT2D eigenvalue weighted by molar-refractivity contribution is 0.101. The van der Waals surface area contributed by atoms with Gasteiger partial charge in [-0.2, -0.15) is 0 Å². The van der Waals surface area contributed by atoms with Crippen LogP contribution in [0.25, 0.3) is 22.5 Å². The van der Waals surface area contributed by atoms with E-state index in [1.807, 2.05) is 23.7 Å². The number of benzene rings is 1. The fourth-order valence-electron chi connectivity index (χ4n) is 5.41. The number of halogens is 3. The fourth-order valence-corrected chi connectivity index (χ4v) is 5.98. The van der Waals surface area contributed by atoms with Crippen LogP contribution in [-0.4, -0.2) is 77.5 Å². The van der Waals surface area contributed by atoms with Gasteiger partial charge in [-0.05, 0) is 24.6 Å². The van der Waals surface area contributed by atoms with Crippen LogP contribution in [0.5, 0.6) is 5.88 Å². The highest BCUT2D eigenvalue weighted by Crippen LogP contribution is 2.40. The summed E-state index contributed by atoms with van der Waals surface area (Å²) in [5.41, 5.74) is 5.41. The summed E-state index contributed by atoms with van der Waals surface area (Å²) >= 11 is 13.8. The summed E-state index contributed by atoms with van der Waals surface area (Å²) in [4.78, 5) is 29.4. The minimum Gasteiger partial charge on any atom is -0.481 e. The number of ether oxygens (including phenoxy) is 2. The van der Waals surface area contributed by atoms with Gasteiger partial charge in [-0.15, -0.1) is 0 Å². The molecule has 0 aliphatic carbocycles. The third-order valence-electron chi connectivity index (χ3n) is 7.74. The van der Waals surface area contributed by atoms with Crippen molar-refractivity contribution in [2.75, 3.05) is 52.5 Å². The Morgan fingerprint density at radius 3 is 2.71 bits per heavy atom. The van der Waals surface area contributed by atoms with Crippen LogP contribution >= 0.6 is 23.2 Å². The number of carbonyl (C=O) groups is 1. The van der Waals surface area contributed by atoms with Gasteiger partial charge < -0.3 is 24.7 Å². The monoisotopic (exact) mass is 655 g/mol. The normalized spacial score (nSPS) is 13.1. The van der Waals surface area contributed by atoms with Crippen LogP contribution in [-0.2, 0) is 31.3 Å². The summed E-state index contributed by atoms with van der Waals surface area (Å²) in [7, 11) is 5.07. The van der Waals surface area contributed by atoms with E-state index in [4.69, 9.17) is 37.7 Å². The molecule has 2 N–H and O–H groups in total. The molecule has 1 aliphatic rings. The van der Waals surface area contributed by atoms with Gasteiger partial charge in [0, 0.05) is 81.9 Å². The van der Waals surface area contributed by atoms with Gasteiger partial charge in [-0.3, -0.25) is 19.1 Å². The molecule has 1 amide bonds. The zero-order valence-corrected chi connectivity index (χ0v) is 27.0. The lowest BCUT2D eigenvalue weighted by Crippen LogP contribution is -2.32. The second-order valence-corrected chi connectivity index (χ2v) is 11.4. The predicted octanol–water partition coefficient (Wildman–Crippen LogP) is 5.57. The first-order valence-corrected chi connectivity index (χ1v) is 15.4. The SMILES string of the molecule is COCCNCc1ccc(-c2ccnc(-c3cccc(NC(=O)c4nc5c(n4C)CCN(CCCF)C5)c3Cl)c2Cl)nc1OC. The standard InChI is InChI=1S/C32H36Cl2FN7O3/c1-41-26-11-16-42(15-5-12-35)19-25(26)38-30(41)31(43)39-24-7-4-6-22(27(24)33)29-28(34)21(10-13-37-29)23-9-8-20(32(40-23)45-3)18-36-14-17-44-2/h4,6-10,13,36H,5,11-12,14-19H2,1-3H3,(H,39,43). The van der Waals surface area contributed by atoms with Crippen LogP contribution < -0.4 is 15.4 Å².